The van der Waals surface area contributed by atoms with Crippen LogP contribution in [0, 0.1) is 12.8 Å². The van der Waals surface area contributed by atoms with Crippen molar-refractivity contribution in [3.63, 3.8) is 0 Å². The lowest BCUT2D eigenvalue weighted by Gasteiger charge is -2.15. The number of thiazole rings is 1. The Kier molecular flexibility index (Phi) is 4.52. The van der Waals surface area contributed by atoms with Gasteiger partial charge in [-0.15, -0.1) is 11.3 Å². The molecule has 0 aliphatic carbocycles. The van der Waals surface area contributed by atoms with Gasteiger partial charge in [0.15, 0.2) is 0 Å². The zero-order chi connectivity index (χ0) is 14.7. The summed E-state index contributed by atoms with van der Waals surface area (Å²) in [5.41, 5.74) is 8.50. The highest BCUT2D eigenvalue weighted by atomic mass is 32.1. The van der Waals surface area contributed by atoms with E-state index in [1.54, 1.807) is 11.3 Å². The predicted molar refractivity (Wildman–Crippen MR) is 83.7 cm³/mol. The Balaban J connectivity index is 2.16. The molecule has 106 valence electrons. The second kappa shape index (κ2) is 6.15. The Morgan fingerprint density at radius 1 is 1.40 bits per heavy atom. The smallest absolute Gasteiger partial charge is 0.241 e. The van der Waals surface area contributed by atoms with Crippen LogP contribution in [-0.4, -0.2) is 16.9 Å². The maximum absolute atomic E-state index is 12.0. The first-order chi connectivity index (χ1) is 9.47. The van der Waals surface area contributed by atoms with E-state index < -0.39 is 6.04 Å². The van der Waals surface area contributed by atoms with Crippen LogP contribution in [0.25, 0.3) is 11.3 Å². The molecule has 5 heteroatoms. The number of hydrogen-bond donors (Lipinski definition) is 2. The molecule has 1 aromatic heterocycles. The summed E-state index contributed by atoms with van der Waals surface area (Å²) in [4.78, 5) is 16.4. The van der Waals surface area contributed by atoms with E-state index in [4.69, 9.17) is 5.73 Å². The molecule has 20 heavy (non-hydrogen) atoms. The molecular weight excluding hydrogens is 270 g/mol. The third-order valence-electron chi connectivity index (χ3n) is 3.07. The first-order valence-corrected chi connectivity index (χ1v) is 7.44. The summed E-state index contributed by atoms with van der Waals surface area (Å²) in [5.74, 6) is -0.0500. The normalized spacial score (nSPS) is 12.4. The van der Waals surface area contributed by atoms with E-state index in [-0.39, 0.29) is 11.8 Å². The Morgan fingerprint density at radius 2 is 2.15 bits per heavy atom. The Hall–Kier alpha value is -1.72. The van der Waals surface area contributed by atoms with E-state index in [0.29, 0.717) is 0 Å². The van der Waals surface area contributed by atoms with Gasteiger partial charge in [0.25, 0.3) is 0 Å². The first-order valence-electron chi connectivity index (χ1n) is 6.56. The molecule has 0 saturated heterocycles. The van der Waals surface area contributed by atoms with Crippen molar-refractivity contribution in [3.05, 3.63) is 34.7 Å². The average molecular weight is 289 g/mol. The minimum Gasteiger partial charge on any atom is -0.325 e. The highest BCUT2D eigenvalue weighted by Crippen LogP contribution is 2.24. The molecule has 2 aromatic rings. The molecule has 0 aliphatic heterocycles. The van der Waals surface area contributed by atoms with Crippen molar-refractivity contribution in [1.29, 1.82) is 0 Å². The Labute approximate surface area is 123 Å². The minimum absolute atomic E-state index is 0.111. The van der Waals surface area contributed by atoms with Crippen LogP contribution in [0.1, 0.15) is 18.9 Å². The molecule has 0 radical (unpaired) electrons. The number of benzene rings is 1. The summed E-state index contributed by atoms with van der Waals surface area (Å²) < 4.78 is 0. The summed E-state index contributed by atoms with van der Waals surface area (Å²) >= 11 is 1.61. The van der Waals surface area contributed by atoms with Crippen LogP contribution in [-0.2, 0) is 4.79 Å². The molecule has 0 aliphatic rings. The third-order valence-corrected chi connectivity index (χ3v) is 3.84. The largest absolute Gasteiger partial charge is 0.325 e. The van der Waals surface area contributed by atoms with Gasteiger partial charge in [-0.2, -0.15) is 0 Å². The van der Waals surface area contributed by atoms with Crippen molar-refractivity contribution < 1.29 is 4.79 Å². The lowest BCUT2D eigenvalue weighted by Crippen LogP contribution is -2.39. The first kappa shape index (κ1) is 14.7. The van der Waals surface area contributed by atoms with E-state index in [0.717, 1.165) is 22.0 Å². The summed E-state index contributed by atoms with van der Waals surface area (Å²) in [5, 5.41) is 5.89. The van der Waals surface area contributed by atoms with E-state index in [2.05, 4.69) is 10.3 Å². The summed E-state index contributed by atoms with van der Waals surface area (Å²) in [6.07, 6.45) is 0. The van der Waals surface area contributed by atoms with Crippen LogP contribution in [0.3, 0.4) is 0 Å². The Bertz CT molecular complexity index is 607. The molecule has 1 unspecified atom stereocenters. The van der Waals surface area contributed by atoms with Gasteiger partial charge in [-0.1, -0.05) is 26.0 Å². The van der Waals surface area contributed by atoms with E-state index in [1.165, 1.54) is 0 Å². The van der Waals surface area contributed by atoms with Crippen LogP contribution in [0.2, 0.25) is 0 Å². The molecule has 2 rings (SSSR count). The maximum Gasteiger partial charge on any atom is 0.241 e. The summed E-state index contributed by atoms with van der Waals surface area (Å²) in [6, 6.07) is 7.15. The van der Waals surface area contributed by atoms with Gasteiger partial charge in [0.1, 0.15) is 0 Å². The maximum atomic E-state index is 12.0. The van der Waals surface area contributed by atoms with Gasteiger partial charge < -0.3 is 11.1 Å². The number of nitrogens with one attached hydrogen (secondary N) is 1. The molecule has 1 heterocycles. The van der Waals surface area contributed by atoms with Crippen LogP contribution < -0.4 is 11.1 Å². The van der Waals surface area contributed by atoms with Crippen LogP contribution >= 0.6 is 11.3 Å². The van der Waals surface area contributed by atoms with E-state index in [1.807, 2.05) is 50.4 Å². The quantitative estimate of drug-likeness (QED) is 0.909. The molecule has 0 spiro atoms. The van der Waals surface area contributed by atoms with Crippen molar-refractivity contribution in [2.75, 3.05) is 5.32 Å². The van der Waals surface area contributed by atoms with Crippen LogP contribution in [0.5, 0.6) is 0 Å². The van der Waals surface area contributed by atoms with Crippen molar-refractivity contribution >= 4 is 22.9 Å². The number of carbonyl (C=O) groups is 1. The van der Waals surface area contributed by atoms with Gasteiger partial charge in [-0.05, 0) is 25.0 Å². The van der Waals surface area contributed by atoms with Gasteiger partial charge in [0.05, 0.1) is 16.7 Å². The molecule has 0 saturated carbocycles. The SMILES string of the molecule is Cc1nc(-c2cccc(NC(=O)C(N)C(C)C)c2)cs1. The molecule has 0 fully saturated rings. The molecule has 1 aromatic carbocycles. The standard InChI is InChI=1S/C15H19N3OS/c1-9(2)14(16)15(19)18-12-6-4-5-11(7-12)13-8-20-10(3)17-13/h4-9,14H,16H2,1-3H3,(H,18,19). The fraction of sp³-hybridized carbons (Fsp3) is 0.333. The zero-order valence-corrected chi connectivity index (χ0v) is 12.7. The molecule has 0 bridgehead atoms. The number of amides is 1. The molecule has 4 nitrogen and oxygen atoms in total. The summed E-state index contributed by atoms with van der Waals surface area (Å²) in [6.45, 7) is 5.83. The lowest BCUT2D eigenvalue weighted by molar-refractivity contribution is -0.118. The fourth-order valence-electron chi connectivity index (χ4n) is 1.78. The van der Waals surface area contributed by atoms with Gasteiger partial charge in [-0.3, -0.25) is 4.79 Å². The van der Waals surface area contributed by atoms with E-state index in [9.17, 15) is 4.79 Å². The lowest BCUT2D eigenvalue weighted by atomic mass is 10.0. The fourth-order valence-corrected chi connectivity index (χ4v) is 2.40. The number of hydrogen-bond acceptors (Lipinski definition) is 4. The van der Waals surface area contributed by atoms with E-state index >= 15 is 0 Å². The number of anilines is 1. The number of nitrogens with two attached hydrogens (primary N) is 1. The molecule has 1 amide bonds. The number of aryl methyl sites for hydroxylation is 1. The highest BCUT2D eigenvalue weighted by molar-refractivity contribution is 7.09. The van der Waals surface area contributed by atoms with Gasteiger partial charge in [0, 0.05) is 16.6 Å². The second-order valence-electron chi connectivity index (χ2n) is 5.09. The van der Waals surface area contributed by atoms with Crippen LogP contribution in [0.15, 0.2) is 29.6 Å². The number of carbonyl (C=O) groups excluding carboxylic acids is 1. The summed E-state index contributed by atoms with van der Waals surface area (Å²) in [7, 11) is 0. The van der Waals surface area contributed by atoms with Crippen molar-refractivity contribution in [1.82, 2.24) is 4.98 Å². The molecule has 3 N–H and O–H groups in total. The van der Waals surface area contributed by atoms with Gasteiger partial charge in [-0.25, -0.2) is 4.98 Å². The monoisotopic (exact) mass is 289 g/mol. The topological polar surface area (TPSA) is 68.0 Å². The van der Waals surface area contributed by atoms with Gasteiger partial charge in [0.2, 0.25) is 5.91 Å². The number of aromatic nitrogens is 1. The molecular formula is C15H19N3OS. The molecule has 1 atom stereocenters. The average Bonchev–Trinajstić information content (AvgIpc) is 2.84. The predicted octanol–water partition coefficient (Wildman–Crippen LogP) is 3.04. The van der Waals surface area contributed by atoms with Crippen molar-refractivity contribution in [2.45, 2.75) is 26.8 Å². The second-order valence-corrected chi connectivity index (χ2v) is 6.15. The zero-order valence-electron chi connectivity index (χ0n) is 11.9. The van der Waals surface area contributed by atoms with Gasteiger partial charge >= 0.3 is 0 Å². The Morgan fingerprint density at radius 3 is 2.75 bits per heavy atom. The van der Waals surface area contributed by atoms with Crippen molar-refractivity contribution in [2.24, 2.45) is 11.7 Å². The third kappa shape index (κ3) is 3.43. The van der Waals surface area contributed by atoms with Crippen LogP contribution in [0.4, 0.5) is 5.69 Å². The number of nitrogens with zero attached hydrogens (tertiary/aromatic N) is 1. The number of rotatable bonds is 4. The highest BCUT2D eigenvalue weighted by Gasteiger charge is 2.17. The van der Waals surface area contributed by atoms with Crippen molar-refractivity contribution in [3.8, 4) is 11.3 Å². The minimum atomic E-state index is -0.500.